The highest BCUT2D eigenvalue weighted by molar-refractivity contribution is 7.99. The number of nitrogens with one attached hydrogen (secondary N) is 1. The van der Waals surface area contributed by atoms with Crippen molar-refractivity contribution in [3.63, 3.8) is 0 Å². The minimum absolute atomic E-state index is 0.0676. The topological polar surface area (TPSA) is 73.0 Å². The quantitative estimate of drug-likeness (QED) is 0.371. The molecule has 2 aromatic heterocycles. The molecule has 6 nitrogen and oxygen atoms in total. The summed E-state index contributed by atoms with van der Waals surface area (Å²) in [4.78, 5) is 12.5. The van der Waals surface area contributed by atoms with Crippen molar-refractivity contribution in [3.05, 3.63) is 89.3 Å². The standard InChI is InChI=1S/C23H21ClN4O2S/c1-16(17-6-3-2-4-7-17)25-21(29)15-31-23-27-26-22(18-9-11-19(24)12-10-18)28(23)14-20-8-5-13-30-20/h2-13,16H,14-15H2,1H3,(H,25,29)/t16-/m0/s1. The molecule has 4 aromatic rings. The van der Waals surface area contributed by atoms with E-state index in [4.69, 9.17) is 16.0 Å². The zero-order valence-electron chi connectivity index (χ0n) is 16.9. The van der Waals surface area contributed by atoms with Gasteiger partial charge in [0.15, 0.2) is 11.0 Å². The van der Waals surface area contributed by atoms with E-state index in [0.29, 0.717) is 22.5 Å². The van der Waals surface area contributed by atoms with Gasteiger partial charge in [0.25, 0.3) is 0 Å². The van der Waals surface area contributed by atoms with Gasteiger partial charge in [0.1, 0.15) is 5.76 Å². The first kappa shape index (κ1) is 21.2. The second kappa shape index (κ2) is 9.85. The largest absolute Gasteiger partial charge is 0.467 e. The second-order valence-corrected chi connectivity index (χ2v) is 8.35. The highest BCUT2D eigenvalue weighted by Gasteiger charge is 2.18. The zero-order valence-corrected chi connectivity index (χ0v) is 18.4. The molecule has 0 unspecified atom stereocenters. The molecule has 0 spiro atoms. The minimum Gasteiger partial charge on any atom is -0.467 e. The molecule has 2 heterocycles. The Labute approximate surface area is 189 Å². The Balaban J connectivity index is 1.49. The number of halogens is 1. The van der Waals surface area contributed by atoms with E-state index < -0.39 is 0 Å². The molecule has 158 valence electrons. The second-order valence-electron chi connectivity index (χ2n) is 6.97. The number of carbonyl (C=O) groups excluding carboxylic acids is 1. The number of thioether (sulfide) groups is 1. The number of rotatable bonds is 8. The van der Waals surface area contributed by atoms with E-state index in [2.05, 4.69) is 15.5 Å². The van der Waals surface area contributed by atoms with Crippen molar-refractivity contribution < 1.29 is 9.21 Å². The van der Waals surface area contributed by atoms with E-state index >= 15 is 0 Å². The number of nitrogens with zero attached hydrogens (tertiary/aromatic N) is 3. The normalized spacial score (nSPS) is 11.9. The first-order chi connectivity index (χ1) is 15.1. The minimum atomic E-state index is -0.0695. The van der Waals surface area contributed by atoms with Gasteiger partial charge < -0.3 is 9.73 Å². The van der Waals surface area contributed by atoms with Crippen LogP contribution in [0.25, 0.3) is 11.4 Å². The first-order valence-electron chi connectivity index (χ1n) is 9.79. The average molecular weight is 453 g/mol. The smallest absolute Gasteiger partial charge is 0.230 e. The van der Waals surface area contributed by atoms with Gasteiger partial charge in [-0.3, -0.25) is 9.36 Å². The third kappa shape index (κ3) is 5.37. The third-order valence-electron chi connectivity index (χ3n) is 4.72. The average Bonchev–Trinajstić information content (AvgIpc) is 3.44. The van der Waals surface area contributed by atoms with Crippen LogP contribution >= 0.6 is 23.4 Å². The summed E-state index contributed by atoms with van der Waals surface area (Å²) in [5, 5.41) is 13.0. The van der Waals surface area contributed by atoms with Crippen LogP contribution in [-0.4, -0.2) is 26.4 Å². The van der Waals surface area contributed by atoms with Gasteiger partial charge in [-0.25, -0.2) is 0 Å². The van der Waals surface area contributed by atoms with Gasteiger partial charge >= 0.3 is 0 Å². The fourth-order valence-corrected chi connectivity index (χ4v) is 4.02. The molecule has 2 aromatic carbocycles. The SMILES string of the molecule is C[C@H](NC(=O)CSc1nnc(-c2ccc(Cl)cc2)n1Cc1ccco1)c1ccccc1. The van der Waals surface area contributed by atoms with Gasteiger partial charge in [-0.15, -0.1) is 10.2 Å². The molecule has 0 aliphatic carbocycles. The summed E-state index contributed by atoms with van der Waals surface area (Å²) in [5.74, 6) is 1.63. The van der Waals surface area contributed by atoms with Gasteiger partial charge in [0.2, 0.25) is 5.91 Å². The Bertz CT molecular complexity index is 1130. The molecule has 1 amide bonds. The van der Waals surface area contributed by atoms with Gasteiger partial charge in [-0.1, -0.05) is 53.7 Å². The van der Waals surface area contributed by atoms with E-state index in [9.17, 15) is 4.79 Å². The Morgan fingerprint density at radius 2 is 1.87 bits per heavy atom. The summed E-state index contributed by atoms with van der Waals surface area (Å²) in [6.45, 7) is 2.43. The lowest BCUT2D eigenvalue weighted by molar-refractivity contribution is -0.119. The molecular formula is C23H21ClN4O2S. The fraction of sp³-hybridized carbons (Fsp3) is 0.174. The molecule has 0 fully saturated rings. The highest BCUT2D eigenvalue weighted by Crippen LogP contribution is 2.26. The van der Waals surface area contributed by atoms with Crippen molar-refractivity contribution >= 4 is 29.3 Å². The summed E-state index contributed by atoms with van der Waals surface area (Å²) in [7, 11) is 0. The molecule has 1 atom stereocenters. The van der Waals surface area contributed by atoms with E-state index in [1.54, 1.807) is 6.26 Å². The molecule has 0 saturated heterocycles. The fourth-order valence-electron chi connectivity index (χ4n) is 3.15. The summed E-state index contributed by atoms with van der Waals surface area (Å²) >= 11 is 7.37. The Hall–Kier alpha value is -3.03. The Morgan fingerprint density at radius 3 is 2.58 bits per heavy atom. The first-order valence-corrected chi connectivity index (χ1v) is 11.1. The van der Waals surface area contributed by atoms with Gasteiger partial charge in [-0.2, -0.15) is 0 Å². The van der Waals surface area contributed by atoms with Gasteiger partial charge in [-0.05, 0) is 48.9 Å². The van der Waals surface area contributed by atoms with E-state index in [-0.39, 0.29) is 17.7 Å². The van der Waals surface area contributed by atoms with Crippen LogP contribution in [0.2, 0.25) is 5.02 Å². The molecular weight excluding hydrogens is 432 g/mol. The maximum Gasteiger partial charge on any atom is 0.230 e. The number of hydrogen-bond acceptors (Lipinski definition) is 5. The molecule has 8 heteroatoms. The maximum atomic E-state index is 12.5. The monoisotopic (exact) mass is 452 g/mol. The molecule has 0 bridgehead atoms. The van der Waals surface area contributed by atoms with Crippen LogP contribution in [0.3, 0.4) is 0 Å². The number of furan rings is 1. The molecule has 0 radical (unpaired) electrons. The number of carbonyl (C=O) groups is 1. The van der Waals surface area contributed by atoms with Crippen LogP contribution in [0, 0.1) is 0 Å². The van der Waals surface area contributed by atoms with Crippen LogP contribution in [0.4, 0.5) is 0 Å². The van der Waals surface area contributed by atoms with Crippen LogP contribution in [0.5, 0.6) is 0 Å². The van der Waals surface area contributed by atoms with Crippen LogP contribution in [0.15, 0.2) is 82.6 Å². The molecule has 4 rings (SSSR count). The Morgan fingerprint density at radius 1 is 1.10 bits per heavy atom. The zero-order chi connectivity index (χ0) is 21.6. The number of hydrogen-bond donors (Lipinski definition) is 1. The van der Waals surface area contributed by atoms with Crippen LogP contribution in [0.1, 0.15) is 24.3 Å². The summed E-state index contributed by atoms with van der Waals surface area (Å²) in [6.07, 6.45) is 1.63. The van der Waals surface area contributed by atoms with E-state index in [1.807, 2.05) is 78.2 Å². The lowest BCUT2D eigenvalue weighted by Crippen LogP contribution is -2.28. The van der Waals surface area contributed by atoms with Crippen LogP contribution in [-0.2, 0) is 11.3 Å². The van der Waals surface area contributed by atoms with Crippen molar-refractivity contribution in [3.8, 4) is 11.4 Å². The maximum absolute atomic E-state index is 12.5. The van der Waals surface area contributed by atoms with Gasteiger partial charge in [0, 0.05) is 10.6 Å². The molecule has 31 heavy (non-hydrogen) atoms. The van der Waals surface area contributed by atoms with Crippen molar-refractivity contribution in [1.82, 2.24) is 20.1 Å². The number of aromatic nitrogens is 3. The van der Waals surface area contributed by atoms with Gasteiger partial charge in [0.05, 0.1) is 24.6 Å². The lowest BCUT2D eigenvalue weighted by Gasteiger charge is -2.14. The predicted molar refractivity (Wildman–Crippen MR) is 122 cm³/mol. The van der Waals surface area contributed by atoms with E-state index in [0.717, 1.165) is 16.9 Å². The number of benzene rings is 2. The van der Waals surface area contributed by atoms with Crippen LogP contribution < -0.4 is 5.32 Å². The molecule has 0 saturated carbocycles. The third-order valence-corrected chi connectivity index (χ3v) is 5.94. The molecule has 0 aliphatic rings. The summed E-state index contributed by atoms with van der Waals surface area (Å²) in [5.41, 5.74) is 1.95. The molecule has 1 N–H and O–H groups in total. The van der Waals surface area contributed by atoms with Crippen molar-refractivity contribution in [2.75, 3.05) is 5.75 Å². The van der Waals surface area contributed by atoms with Crippen molar-refractivity contribution in [1.29, 1.82) is 0 Å². The van der Waals surface area contributed by atoms with E-state index in [1.165, 1.54) is 11.8 Å². The summed E-state index contributed by atoms with van der Waals surface area (Å²) < 4.78 is 7.46. The lowest BCUT2D eigenvalue weighted by atomic mass is 10.1. The summed E-state index contributed by atoms with van der Waals surface area (Å²) in [6, 6.07) is 21.0. The van der Waals surface area contributed by atoms with Crippen molar-refractivity contribution in [2.45, 2.75) is 24.7 Å². The Kier molecular flexibility index (Phi) is 6.74. The number of amides is 1. The highest BCUT2D eigenvalue weighted by atomic mass is 35.5. The predicted octanol–water partition coefficient (Wildman–Crippen LogP) is 5.21. The molecule has 0 aliphatic heterocycles. The van der Waals surface area contributed by atoms with Crippen molar-refractivity contribution in [2.24, 2.45) is 0 Å².